The molecule has 4 heteroatoms. The van der Waals surface area contributed by atoms with E-state index in [4.69, 9.17) is 17.0 Å². The van der Waals surface area contributed by atoms with Crippen molar-refractivity contribution in [2.75, 3.05) is 18.5 Å². The molecule has 0 saturated carbocycles. The van der Waals surface area contributed by atoms with E-state index >= 15 is 0 Å². The number of anilines is 1. The molecule has 0 unspecified atom stereocenters. The van der Waals surface area contributed by atoms with Crippen molar-refractivity contribution in [3.05, 3.63) is 65.7 Å². The lowest BCUT2D eigenvalue weighted by Gasteiger charge is -2.16. The minimum Gasteiger partial charge on any atom is -0.376 e. The van der Waals surface area contributed by atoms with Gasteiger partial charge in [-0.15, -0.1) is 0 Å². The summed E-state index contributed by atoms with van der Waals surface area (Å²) in [6.45, 7) is 1.64. The van der Waals surface area contributed by atoms with Crippen molar-refractivity contribution in [1.82, 2.24) is 5.32 Å². The summed E-state index contributed by atoms with van der Waals surface area (Å²) in [5.41, 5.74) is 3.58. The van der Waals surface area contributed by atoms with E-state index in [1.165, 1.54) is 11.1 Å². The third-order valence-electron chi connectivity index (χ3n) is 4.02. The Labute approximate surface area is 143 Å². The molecule has 23 heavy (non-hydrogen) atoms. The zero-order chi connectivity index (χ0) is 15.9. The van der Waals surface area contributed by atoms with E-state index in [0.29, 0.717) is 5.11 Å². The molecule has 3 rings (SSSR count). The summed E-state index contributed by atoms with van der Waals surface area (Å²) in [5, 5.41) is 7.23. The van der Waals surface area contributed by atoms with Crippen molar-refractivity contribution in [2.45, 2.75) is 25.4 Å². The van der Waals surface area contributed by atoms with Crippen LogP contribution in [-0.4, -0.2) is 24.4 Å². The van der Waals surface area contributed by atoms with Gasteiger partial charge in [-0.05, 0) is 48.7 Å². The lowest BCUT2D eigenvalue weighted by molar-refractivity contribution is 0.114. The van der Waals surface area contributed by atoms with E-state index in [1.54, 1.807) is 0 Å². The fraction of sp³-hybridized carbons (Fsp3) is 0.316. The maximum atomic E-state index is 5.61. The molecule has 2 N–H and O–H groups in total. The minimum absolute atomic E-state index is 0.286. The average molecular weight is 326 g/mol. The Bertz CT molecular complexity index is 639. The van der Waals surface area contributed by atoms with E-state index < -0.39 is 0 Å². The number of benzene rings is 2. The molecular weight excluding hydrogens is 304 g/mol. The van der Waals surface area contributed by atoms with Gasteiger partial charge in [-0.3, -0.25) is 0 Å². The first kappa shape index (κ1) is 16.0. The molecule has 0 amide bonds. The third-order valence-corrected chi connectivity index (χ3v) is 4.26. The largest absolute Gasteiger partial charge is 0.376 e. The van der Waals surface area contributed by atoms with Crippen LogP contribution in [0.4, 0.5) is 5.69 Å². The highest BCUT2D eigenvalue weighted by Crippen LogP contribution is 2.19. The van der Waals surface area contributed by atoms with E-state index in [0.717, 1.165) is 38.1 Å². The molecule has 0 aliphatic carbocycles. The molecule has 1 fully saturated rings. The minimum atomic E-state index is 0.286. The van der Waals surface area contributed by atoms with E-state index in [1.807, 2.05) is 12.1 Å². The van der Waals surface area contributed by atoms with Crippen LogP contribution in [-0.2, 0) is 11.2 Å². The molecule has 2 aromatic rings. The number of hydrogen-bond acceptors (Lipinski definition) is 2. The maximum Gasteiger partial charge on any atom is 0.170 e. The van der Waals surface area contributed by atoms with Gasteiger partial charge >= 0.3 is 0 Å². The number of hydrogen-bond donors (Lipinski definition) is 2. The first-order chi connectivity index (χ1) is 11.3. The van der Waals surface area contributed by atoms with Gasteiger partial charge in [0.2, 0.25) is 0 Å². The molecule has 1 heterocycles. The first-order valence-electron chi connectivity index (χ1n) is 8.09. The van der Waals surface area contributed by atoms with E-state index in [9.17, 15) is 0 Å². The normalized spacial score (nSPS) is 17.0. The molecule has 0 spiro atoms. The van der Waals surface area contributed by atoms with Crippen LogP contribution in [0.2, 0.25) is 0 Å². The molecule has 3 nitrogen and oxygen atoms in total. The molecular formula is C19H22N2OS. The van der Waals surface area contributed by atoms with Crippen LogP contribution in [0, 0.1) is 0 Å². The monoisotopic (exact) mass is 326 g/mol. The Morgan fingerprint density at radius 3 is 2.65 bits per heavy atom. The van der Waals surface area contributed by atoms with Gasteiger partial charge in [-0.1, -0.05) is 48.5 Å². The van der Waals surface area contributed by atoms with Crippen LogP contribution in [0.25, 0.3) is 0 Å². The van der Waals surface area contributed by atoms with Gasteiger partial charge in [0.1, 0.15) is 0 Å². The highest BCUT2D eigenvalue weighted by atomic mass is 32.1. The lowest BCUT2D eigenvalue weighted by atomic mass is 10.0. The smallest absolute Gasteiger partial charge is 0.170 e. The van der Waals surface area contributed by atoms with Crippen LogP contribution in [0.1, 0.15) is 24.0 Å². The summed E-state index contributed by atoms with van der Waals surface area (Å²) in [4.78, 5) is 0. The number of para-hydroxylation sites is 1. The van der Waals surface area contributed by atoms with Gasteiger partial charge in [-0.25, -0.2) is 0 Å². The molecule has 1 aliphatic rings. The van der Waals surface area contributed by atoms with Crippen LogP contribution >= 0.6 is 12.2 Å². The average Bonchev–Trinajstić information content (AvgIpc) is 3.09. The topological polar surface area (TPSA) is 33.3 Å². The van der Waals surface area contributed by atoms with Crippen LogP contribution in [0.15, 0.2) is 54.6 Å². The summed E-state index contributed by atoms with van der Waals surface area (Å²) in [6, 6.07) is 18.8. The Hall–Kier alpha value is -1.91. The molecule has 1 saturated heterocycles. The van der Waals surface area contributed by atoms with Crippen molar-refractivity contribution in [1.29, 1.82) is 0 Å². The van der Waals surface area contributed by atoms with Gasteiger partial charge in [0, 0.05) is 18.8 Å². The molecule has 0 bridgehead atoms. The van der Waals surface area contributed by atoms with Crippen molar-refractivity contribution < 1.29 is 4.74 Å². The highest BCUT2D eigenvalue weighted by molar-refractivity contribution is 7.80. The second kappa shape index (κ2) is 8.09. The fourth-order valence-electron chi connectivity index (χ4n) is 2.79. The van der Waals surface area contributed by atoms with Gasteiger partial charge in [0.25, 0.3) is 0 Å². The summed E-state index contributed by atoms with van der Waals surface area (Å²) >= 11 is 5.42. The van der Waals surface area contributed by atoms with Crippen molar-refractivity contribution in [3.8, 4) is 0 Å². The SMILES string of the molecule is S=C(NC[C@H]1CCCO1)Nc1ccccc1Cc1ccccc1. The third kappa shape index (κ3) is 4.78. The second-order valence-corrected chi connectivity index (χ2v) is 6.20. The second-order valence-electron chi connectivity index (χ2n) is 5.79. The van der Waals surface area contributed by atoms with Gasteiger partial charge in [-0.2, -0.15) is 0 Å². The summed E-state index contributed by atoms with van der Waals surface area (Å²) in [7, 11) is 0. The quantitative estimate of drug-likeness (QED) is 0.820. The van der Waals surface area contributed by atoms with Crippen LogP contribution < -0.4 is 10.6 Å². The first-order valence-corrected chi connectivity index (χ1v) is 8.50. The van der Waals surface area contributed by atoms with Crippen LogP contribution in [0.5, 0.6) is 0 Å². The Morgan fingerprint density at radius 1 is 1.09 bits per heavy atom. The zero-order valence-electron chi connectivity index (χ0n) is 13.1. The standard InChI is InChI=1S/C19H22N2OS/c23-19(20-14-17-10-6-12-22-17)21-18-11-5-4-9-16(18)13-15-7-2-1-3-8-15/h1-5,7-9,11,17H,6,10,12-14H2,(H2,20,21,23)/t17-/m1/s1. The Balaban J connectivity index is 1.59. The number of thiocarbonyl (C=S) groups is 1. The van der Waals surface area contributed by atoms with Gasteiger partial charge in [0.15, 0.2) is 5.11 Å². The van der Waals surface area contributed by atoms with Gasteiger partial charge in [0.05, 0.1) is 6.10 Å². The summed E-state index contributed by atoms with van der Waals surface area (Å²) in [5.74, 6) is 0. The predicted octanol–water partition coefficient (Wildman–Crippen LogP) is 3.74. The number of ether oxygens (including phenoxy) is 1. The Kier molecular flexibility index (Phi) is 5.61. The highest BCUT2D eigenvalue weighted by Gasteiger charge is 2.15. The maximum absolute atomic E-state index is 5.61. The lowest BCUT2D eigenvalue weighted by Crippen LogP contribution is -2.35. The van der Waals surface area contributed by atoms with Crippen LogP contribution in [0.3, 0.4) is 0 Å². The van der Waals surface area contributed by atoms with E-state index in [2.05, 4.69) is 53.1 Å². The number of nitrogens with one attached hydrogen (secondary N) is 2. The van der Waals surface area contributed by atoms with E-state index in [-0.39, 0.29) is 6.10 Å². The predicted molar refractivity (Wildman–Crippen MR) is 98.9 cm³/mol. The summed E-state index contributed by atoms with van der Waals surface area (Å²) in [6.07, 6.45) is 3.43. The molecule has 0 radical (unpaired) electrons. The molecule has 2 aromatic carbocycles. The summed E-state index contributed by atoms with van der Waals surface area (Å²) < 4.78 is 5.61. The molecule has 0 aromatic heterocycles. The van der Waals surface area contributed by atoms with Crippen molar-refractivity contribution in [2.24, 2.45) is 0 Å². The van der Waals surface area contributed by atoms with Gasteiger partial charge < -0.3 is 15.4 Å². The fourth-order valence-corrected chi connectivity index (χ4v) is 2.98. The van der Waals surface area contributed by atoms with Crippen molar-refractivity contribution >= 4 is 23.0 Å². The molecule has 120 valence electrons. The Morgan fingerprint density at radius 2 is 1.87 bits per heavy atom. The molecule has 1 atom stereocenters. The number of rotatable bonds is 5. The molecule has 1 aliphatic heterocycles. The zero-order valence-corrected chi connectivity index (χ0v) is 13.9. The van der Waals surface area contributed by atoms with Crippen molar-refractivity contribution in [3.63, 3.8) is 0 Å².